The molecule has 4 rings (SSSR count). The molecule has 0 aliphatic carbocycles. The minimum atomic E-state index is -0.394. The van der Waals surface area contributed by atoms with Crippen LogP contribution in [-0.2, 0) is 4.79 Å². The standard InChI is InChI=1S/C23H25N3O3S/c1-14-20(15-7-9-16(10-8-15)29-23(2,3)4)30-22(24-14)25-21(28)18-11-12-19(27)17-6-5-13-26(17)18/h5-10,13,18H,11-12H2,1-4H3,(H,24,25,28). The van der Waals surface area contributed by atoms with E-state index in [1.807, 2.05) is 52.0 Å². The summed E-state index contributed by atoms with van der Waals surface area (Å²) in [4.78, 5) is 30.4. The van der Waals surface area contributed by atoms with Crippen LogP contribution in [-0.4, -0.2) is 26.8 Å². The number of ether oxygens (including phenoxy) is 1. The molecule has 1 amide bonds. The first-order valence-electron chi connectivity index (χ1n) is 9.99. The summed E-state index contributed by atoms with van der Waals surface area (Å²) in [7, 11) is 0. The molecule has 3 heterocycles. The van der Waals surface area contributed by atoms with Crippen LogP contribution in [0, 0.1) is 6.92 Å². The summed E-state index contributed by atoms with van der Waals surface area (Å²) in [5.41, 5.74) is 2.24. The Balaban J connectivity index is 1.50. The van der Waals surface area contributed by atoms with Crippen molar-refractivity contribution in [2.45, 2.75) is 52.2 Å². The molecule has 1 N–H and O–H groups in total. The number of rotatable bonds is 4. The number of aryl methyl sites for hydroxylation is 1. The van der Waals surface area contributed by atoms with Crippen molar-refractivity contribution in [2.75, 3.05) is 5.32 Å². The highest BCUT2D eigenvalue weighted by molar-refractivity contribution is 7.19. The zero-order valence-electron chi connectivity index (χ0n) is 17.6. The molecule has 30 heavy (non-hydrogen) atoms. The average Bonchev–Trinajstić information content (AvgIpc) is 3.29. The molecule has 7 heteroatoms. The van der Waals surface area contributed by atoms with Crippen molar-refractivity contribution in [1.29, 1.82) is 0 Å². The molecular weight excluding hydrogens is 398 g/mol. The molecule has 0 fully saturated rings. The van der Waals surface area contributed by atoms with Crippen molar-refractivity contribution in [1.82, 2.24) is 9.55 Å². The number of carbonyl (C=O) groups excluding carboxylic acids is 2. The fraction of sp³-hybridized carbons (Fsp3) is 0.348. The van der Waals surface area contributed by atoms with E-state index in [1.165, 1.54) is 11.3 Å². The lowest BCUT2D eigenvalue weighted by atomic mass is 10.0. The van der Waals surface area contributed by atoms with E-state index in [4.69, 9.17) is 4.74 Å². The van der Waals surface area contributed by atoms with Crippen LogP contribution in [0.4, 0.5) is 5.13 Å². The first-order chi connectivity index (χ1) is 14.2. The normalized spacial score (nSPS) is 16.3. The van der Waals surface area contributed by atoms with Crippen LogP contribution in [0.5, 0.6) is 5.75 Å². The Hall–Kier alpha value is -2.93. The van der Waals surface area contributed by atoms with Gasteiger partial charge in [0.25, 0.3) is 0 Å². The molecule has 0 saturated carbocycles. The van der Waals surface area contributed by atoms with Gasteiger partial charge in [-0.15, -0.1) is 0 Å². The zero-order chi connectivity index (χ0) is 21.5. The number of ketones is 1. The molecule has 3 aromatic rings. The summed E-state index contributed by atoms with van der Waals surface area (Å²) in [6.45, 7) is 7.98. The minimum absolute atomic E-state index is 0.0790. The van der Waals surface area contributed by atoms with Crippen LogP contribution in [0.15, 0.2) is 42.6 Å². The molecule has 1 unspecified atom stereocenters. The second kappa shape index (κ2) is 7.72. The van der Waals surface area contributed by atoms with E-state index in [0.29, 0.717) is 23.7 Å². The second-order valence-corrected chi connectivity index (χ2v) is 9.44. The molecule has 0 saturated heterocycles. The highest BCUT2D eigenvalue weighted by Crippen LogP contribution is 2.35. The predicted molar refractivity (Wildman–Crippen MR) is 118 cm³/mol. The van der Waals surface area contributed by atoms with Crippen LogP contribution in [0.3, 0.4) is 0 Å². The van der Waals surface area contributed by atoms with Gasteiger partial charge in [-0.25, -0.2) is 4.98 Å². The number of carbonyl (C=O) groups is 2. The van der Waals surface area contributed by atoms with Gasteiger partial charge in [-0.1, -0.05) is 11.3 Å². The molecule has 0 bridgehead atoms. The number of thiazole rings is 1. The number of benzene rings is 1. The summed E-state index contributed by atoms with van der Waals surface area (Å²) < 4.78 is 7.64. The maximum Gasteiger partial charge on any atom is 0.249 e. The van der Waals surface area contributed by atoms with E-state index in [9.17, 15) is 9.59 Å². The van der Waals surface area contributed by atoms with Gasteiger partial charge in [-0.3, -0.25) is 9.59 Å². The van der Waals surface area contributed by atoms with Crippen molar-refractivity contribution in [3.63, 3.8) is 0 Å². The highest BCUT2D eigenvalue weighted by atomic mass is 32.1. The number of nitrogens with one attached hydrogen (secondary N) is 1. The Kier molecular flexibility index (Phi) is 5.24. The van der Waals surface area contributed by atoms with Crippen molar-refractivity contribution in [2.24, 2.45) is 0 Å². The highest BCUT2D eigenvalue weighted by Gasteiger charge is 2.30. The molecule has 6 nitrogen and oxygen atoms in total. The third kappa shape index (κ3) is 4.16. The van der Waals surface area contributed by atoms with Gasteiger partial charge in [0.1, 0.15) is 17.4 Å². The number of Topliss-reactive ketones (excluding diaryl/α,β-unsaturated/α-hetero) is 1. The van der Waals surface area contributed by atoms with E-state index in [2.05, 4.69) is 10.3 Å². The molecule has 1 aliphatic heterocycles. The number of nitrogens with zero attached hydrogens (tertiary/aromatic N) is 2. The Morgan fingerprint density at radius 3 is 2.67 bits per heavy atom. The fourth-order valence-corrected chi connectivity index (χ4v) is 4.60. The Morgan fingerprint density at radius 2 is 1.97 bits per heavy atom. The fourth-order valence-electron chi connectivity index (χ4n) is 3.63. The summed E-state index contributed by atoms with van der Waals surface area (Å²) in [6.07, 6.45) is 2.67. The molecule has 0 spiro atoms. The smallest absolute Gasteiger partial charge is 0.249 e. The molecule has 2 aromatic heterocycles. The lowest BCUT2D eigenvalue weighted by molar-refractivity contribution is -0.119. The third-order valence-electron chi connectivity index (χ3n) is 4.92. The SMILES string of the molecule is Cc1nc(NC(=O)C2CCC(=O)c3cccn32)sc1-c1ccc(OC(C)(C)C)cc1. The second-order valence-electron chi connectivity index (χ2n) is 8.44. The average molecular weight is 424 g/mol. The summed E-state index contributed by atoms with van der Waals surface area (Å²) in [5.74, 6) is 0.751. The lowest BCUT2D eigenvalue weighted by Crippen LogP contribution is -2.31. The monoisotopic (exact) mass is 423 g/mol. The van der Waals surface area contributed by atoms with Gasteiger partial charge in [0.15, 0.2) is 10.9 Å². The number of aromatic nitrogens is 2. The number of hydrogen-bond donors (Lipinski definition) is 1. The zero-order valence-corrected chi connectivity index (χ0v) is 18.4. The maximum absolute atomic E-state index is 12.9. The Labute approximate surface area is 179 Å². The van der Waals surface area contributed by atoms with Crippen LogP contribution < -0.4 is 10.1 Å². The number of hydrogen-bond acceptors (Lipinski definition) is 5. The van der Waals surface area contributed by atoms with Crippen LogP contribution in [0.25, 0.3) is 10.4 Å². The van der Waals surface area contributed by atoms with Gasteiger partial charge >= 0.3 is 0 Å². The van der Waals surface area contributed by atoms with E-state index < -0.39 is 6.04 Å². The molecule has 1 aliphatic rings. The van der Waals surface area contributed by atoms with E-state index >= 15 is 0 Å². The Morgan fingerprint density at radius 1 is 1.23 bits per heavy atom. The molecule has 156 valence electrons. The molecule has 1 atom stereocenters. The molecule has 1 aromatic carbocycles. The number of amides is 1. The van der Waals surface area contributed by atoms with Gasteiger partial charge in [0, 0.05) is 12.6 Å². The lowest BCUT2D eigenvalue weighted by Gasteiger charge is -2.24. The summed E-state index contributed by atoms with van der Waals surface area (Å²) in [6, 6.07) is 11.1. The predicted octanol–water partition coefficient (Wildman–Crippen LogP) is 5.25. The van der Waals surface area contributed by atoms with E-state index in [-0.39, 0.29) is 17.3 Å². The minimum Gasteiger partial charge on any atom is -0.488 e. The van der Waals surface area contributed by atoms with Gasteiger partial charge in [-0.05, 0) is 76.1 Å². The van der Waals surface area contributed by atoms with Crippen molar-refractivity contribution in [3.8, 4) is 16.2 Å². The summed E-state index contributed by atoms with van der Waals surface area (Å²) in [5, 5.41) is 3.51. The van der Waals surface area contributed by atoms with Crippen molar-refractivity contribution in [3.05, 3.63) is 54.0 Å². The number of anilines is 1. The topological polar surface area (TPSA) is 73.2 Å². The van der Waals surface area contributed by atoms with Gasteiger partial charge in [-0.2, -0.15) is 0 Å². The third-order valence-corrected chi connectivity index (χ3v) is 6.04. The molecule has 0 radical (unpaired) electrons. The quantitative estimate of drug-likeness (QED) is 0.622. The van der Waals surface area contributed by atoms with Gasteiger partial charge in [0.2, 0.25) is 5.91 Å². The van der Waals surface area contributed by atoms with Gasteiger partial charge < -0.3 is 14.6 Å². The van der Waals surface area contributed by atoms with Crippen LogP contribution >= 0.6 is 11.3 Å². The summed E-state index contributed by atoms with van der Waals surface area (Å²) >= 11 is 1.45. The number of fused-ring (bicyclic) bond motifs is 1. The maximum atomic E-state index is 12.9. The van der Waals surface area contributed by atoms with Crippen LogP contribution in [0.1, 0.15) is 55.8 Å². The van der Waals surface area contributed by atoms with Crippen molar-refractivity contribution < 1.29 is 14.3 Å². The van der Waals surface area contributed by atoms with Gasteiger partial charge in [0.05, 0.1) is 16.3 Å². The van der Waals surface area contributed by atoms with E-state index in [0.717, 1.165) is 21.9 Å². The first kappa shape index (κ1) is 20.3. The first-order valence-corrected chi connectivity index (χ1v) is 10.8. The molecular formula is C23H25N3O3S. The largest absolute Gasteiger partial charge is 0.488 e. The Bertz CT molecular complexity index is 1090. The van der Waals surface area contributed by atoms with Crippen LogP contribution in [0.2, 0.25) is 0 Å². The van der Waals surface area contributed by atoms with E-state index in [1.54, 1.807) is 22.9 Å². The van der Waals surface area contributed by atoms with Crippen molar-refractivity contribution >= 4 is 28.2 Å².